The summed E-state index contributed by atoms with van der Waals surface area (Å²) >= 11 is 0. The molecule has 0 spiro atoms. The zero-order valence-electron chi connectivity index (χ0n) is 14.3. The third-order valence-electron chi connectivity index (χ3n) is 4.20. The van der Waals surface area contributed by atoms with E-state index in [4.69, 9.17) is 9.47 Å². The summed E-state index contributed by atoms with van der Waals surface area (Å²) in [5.41, 5.74) is 0. The Labute approximate surface area is 143 Å². The molecule has 1 aromatic carbocycles. The zero-order valence-corrected chi connectivity index (χ0v) is 14.3. The number of para-hydroxylation sites is 1. The highest BCUT2D eigenvalue weighted by Gasteiger charge is 2.19. The Morgan fingerprint density at radius 2 is 1.71 bits per heavy atom. The quantitative estimate of drug-likeness (QED) is 0.812. The highest BCUT2D eigenvalue weighted by atomic mass is 16.6. The number of carbonyl (C=O) groups excluding carboxylic acids is 2. The Balaban J connectivity index is 1.69. The molecule has 0 aliphatic heterocycles. The molecule has 5 heteroatoms. The molecule has 1 saturated carbocycles. The van der Waals surface area contributed by atoms with Gasteiger partial charge < -0.3 is 14.8 Å². The maximum absolute atomic E-state index is 12.0. The highest BCUT2D eigenvalue weighted by molar-refractivity contribution is 5.82. The lowest BCUT2D eigenvalue weighted by molar-refractivity contribution is -0.154. The second-order valence-corrected chi connectivity index (χ2v) is 6.29. The number of ether oxygens (including phenoxy) is 2. The van der Waals surface area contributed by atoms with Gasteiger partial charge in [-0.05, 0) is 31.9 Å². The Bertz CT molecular complexity index is 509. The number of carbonyl (C=O) groups is 2. The smallest absolute Gasteiger partial charge is 0.347 e. The molecule has 1 fully saturated rings. The van der Waals surface area contributed by atoms with Crippen molar-refractivity contribution in [3.63, 3.8) is 0 Å². The first-order valence-corrected chi connectivity index (χ1v) is 8.83. The molecular formula is C19H27NO4. The van der Waals surface area contributed by atoms with E-state index in [2.05, 4.69) is 5.32 Å². The molecular weight excluding hydrogens is 306 g/mol. The maximum Gasteiger partial charge on any atom is 0.347 e. The van der Waals surface area contributed by atoms with Gasteiger partial charge in [-0.1, -0.05) is 50.3 Å². The average Bonchev–Trinajstić information content (AvgIpc) is 2.56. The fraction of sp³-hybridized carbons (Fsp3) is 0.579. The molecule has 1 unspecified atom stereocenters. The van der Waals surface area contributed by atoms with Crippen LogP contribution in [0.4, 0.5) is 0 Å². The lowest BCUT2D eigenvalue weighted by Gasteiger charge is -2.21. The van der Waals surface area contributed by atoms with E-state index < -0.39 is 12.1 Å². The normalized spacial score (nSPS) is 17.2. The van der Waals surface area contributed by atoms with Gasteiger partial charge in [-0.3, -0.25) is 4.79 Å². The standard InChI is InChI=1S/C19H27NO4/c1-15(24-17-12-8-5-9-13-17)19(22)23-14-18(21)20-16-10-6-3-2-4-7-11-16/h5,8-9,12-13,15-16H,2-4,6-7,10-11,14H2,1H3,(H,20,21). The van der Waals surface area contributed by atoms with Crippen LogP contribution in [-0.4, -0.2) is 30.6 Å². The Hall–Kier alpha value is -2.04. The van der Waals surface area contributed by atoms with E-state index in [0.717, 1.165) is 25.7 Å². The van der Waals surface area contributed by atoms with Gasteiger partial charge in [-0.25, -0.2) is 4.79 Å². The Morgan fingerprint density at radius 1 is 1.08 bits per heavy atom. The van der Waals surface area contributed by atoms with Crippen LogP contribution < -0.4 is 10.1 Å². The van der Waals surface area contributed by atoms with Crippen molar-refractivity contribution in [2.45, 2.75) is 64.0 Å². The van der Waals surface area contributed by atoms with Gasteiger partial charge in [0, 0.05) is 6.04 Å². The van der Waals surface area contributed by atoms with E-state index in [9.17, 15) is 9.59 Å². The molecule has 0 aromatic heterocycles. The van der Waals surface area contributed by atoms with Crippen molar-refractivity contribution in [1.29, 1.82) is 0 Å². The summed E-state index contributed by atoms with van der Waals surface area (Å²) in [5.74, 6) is -0.173. The third kappa shape index (κ3) is 6.60. The van der Waals surface area contributed by atoms with Gasteiger partial charge in [-0.2, -0.15) is 0 Å². The minimum absolute atomic E-state index is 0.203. The van der Waals surface area contributed by atoms with Crippen LogP contribution in [0.15, 0.2) is 30.3 Å². The van der Waals surface area contributed by atoms with Crippen molar-refractivity contribution < 1.29 is 19.1 Å². The first-order chi connectivity index (χ1) is 11.6. The molecule has 1 aromatic rings. The molecule has 0 bridgehead atoms. The molecule has 0 heterocycles. The van der Waals surface area contributed by atoms with E-state index in [1.54, 1.807) is 19.1 Å². The van der Waals surface area contributed by atoms with Crippen LogP contribution in [0.2, 0.25) is 0 Å². The fourth-order valence-corrected chi connectivity index (χ4v) is 2.88. The summed E-state index contributed by atoms with van der Waals surface area (Å²) in [6.07, 6.45) is 7.31. The number of hydrogen-bond acceptors (Lipinski definition) is 4. The van der Waals surface area contributed by atoms with E-state index in [-0.39, 0.29) is 18.6 Å². The number of amides is 1. The monoisotopic (exact) mass is 333 g/mol. The molecule has 24 heavy (non-hydrogen) atoms. The van der Waals surface area contributed by atoms with Gasteiger partial charge in [0.1, 0.15) is 5.75 Å². The van der Waals surface area contributed by atoms with E-state index in [1.165, 1.54) is 19.3 Å². The van der Waals surface area contributed by atoms with Crippen molar-refractivity contribution in [2.24, 2.45) is 0 Å². The third-order valence-corrected chi connectivity index (χ3v) is 4.20. The van der Waals surface area contributed by atoms with Crippen molar-refractivity contribution in [2.75, 3.05) is 6.61 Å². The van der Waals surface area contributed by atoms with Crippen LogP contribution in [0.25, 0.3) is 0 Å². The van der Waals surface area contributed by atoms with Gasteiger partial charge >= 0.3 is 5.97 Å². The van der Waals surface area contributed by atoms with Crippen LogP contribution in [0, 0.1) is 0 Å². The molecule has 1 aliphatic rings. The van der Waals surface area contributed by atoms with Crippen LogP contribution in [0.1, 0.15) is 51.9 Å². The molecule has 2 rings (SSSR count). The lowest BCUT2D eigenvalue weighted by atomic mass is 9.97. The Morgan fingerprint density at radius 3 is 2.38 bits per heavy atom. The van der Waals surface area contributed by atoms with Crippen LogP contribution in [0.5, 0.6) is 5.75 Å². The molecule has 0 saturated heterocycles. The van der Waals surface area contributed by atoms with Crippen molar-refractivity contribution in [3.05, 3.63) is 30.3 Å². The number of rotatable bonds is 6. The predicted molar refractivity (Wildman–Crippen MR) is 91.7 cm³/mol. The van der Waals surface area contributed by atoms with Gasteiger partial charge in [0.2, 0.25) is 0 Å². The second-order valence-electron chi connectivity index (χ2n) is 6.29. The molecule has 132 valence electrons. The molecule has 0 radical (unpaired) electrons. The van der Waals surface area contributed by atoms with Crippen molar-refractivity contribution >= 4 is 11.9 Å². The van der Waals surface area contributed by atoms with E-state index in [0.29, 0.717) is 5.75 Å². The highest BCUT2D eigenvalue weighted by Crippen LogP contribution is 2.17. The topological polar surface area (TPSA) is 64.6 Å². The van der Waals surface area contributed by atoms with Crippen LogP contribution in [0.3, 0.4) is 0 Å². The summed E-state index contributed by atoms with van der Waals surface area (Å²) in [4.78, 5) is 23.9. The molecule has 1 N–H and O–H groups in total. The number of benzene rings is 1. The SMILES string of the molecule is CC(Oc1ccccc1)C(=O)OCC(=O)NC1CCCCCCC1. The summed E-state index contributed by atoms with van der Waals surface area (Å²) < 4.78 is 10.5. The number of hydrogen-bond donors (Lipinski definition) is 1. The lowest BCUT2D eigenvalue weighted by Crippen LogP contribution is -2.39. The van der Waals surface area contributed by atoms with E-state index in [1.807, 2.05) is 18.2 Å². The molecule has 1 aliphatic carbocycles. The number of nitrogens with one attached hydrogen (secondary N) is 1. The van der Waals surface area contributed by atoms with Gasteiger partial charge in [0.25, 0.3) is 5.91 Å². The largest absolute Gasteiger partial charge is 0.479 e. The van der Waals surface area contributed by atoms with Gasteiger partial charge in [0.05, 0.1) is 0 Å². The maximum atomic E-state index is 12.0. The average molecular weight is 333 g/mol. The summed E-state index contributed by atoms with van der Waals surface area (Å²) in [5, 5.41) is 2.97. The molecule has 1 amide bonds. The first-order valence-electron chi connectivity index (χ1n) is 8.83. The minimum atomic E-state index is -0.749. The minimum Gasteiger partial charge on any atom is -0.479 e. The van der Waals surface area contributed by atoms with Gasteiger partial charge in [-0.15, -0.1) is 0 Å². The van der Waals surface area contributed by atoms with Crippen molar-refractivity contribution in [1.82, 2.24) is 5.32 Å². The first kappa shape index (κ1) is 18.3. The fourth-order valence-electron chi connectivity index (χ4n) is 2.88. The summed E-state index contributed by atoms with van der Waals surface area (Å²) in [6, 6.07) is 9.27. The summed E-state index contributed by atoms with van der Waals surface area (Å²) in [6.45, 7) is 1.36. The molecule has 1 atom stereocenters. The molecule has 5 nitrogen and oxygen atoms in total. The van der Waals surface area contributed by atoms with E-state index >= 15 is 0 Å². The zero-order chi connectivity index (χ0) is 17.2. The van der Waals surface area contributed by atoms with Crippen molar-refractivity contribution in [3.8, 4) is 5.75 Å². The predicted octanol–water partition coefficient (Wildman–Crippen LogP) is 3.23. The Kier molecular flexibility index (Phi) is 7.59. The van der Waals surface area contributed by atoms with Gasteiger partial charge in [0.15, 0.2) is 12.7 Å². The number of esters is 1. The summed E-state index contributed by atoms with van der Waals surface area (Å²) in [7, 11) is 0. The second kappa shape index (κ2) is 9.96. The van der Waals surface area contributed by atoms with Crippen LogP contribution >= 0.6 is 0 Å². The van der Waals surface area contributed by atoms with Crippen LogP contribution in [-0.2, 0) is 14.3 Å².